The van der Waals surface area contributed by atoms with Gasteiger partial charge < -0.3 is 10.5 Å². The van der Waals surface area contributed by atoms with E-state index in [0.717, 1.165) is 13.1 Å². The number of methoxy groups -OCH3 is 1. The molecule has 0 radical (unpaired) electrons. The molecule has 0 aliphatic rings. The summed E-state index contributed by atoms with van der Waals surface area (Å²) in [5.74, 6) is 1.26. The molecular formula is C18H32N2O. The minimum Gasteiger partial charge on any atom is -0.380 e. The highest BCUT2D eigenvalue weighted by Gasteiger charge is 2.22. The number of nitrogens with zero attached hydrogens (tertiary/aromatic N) is 1. The Hall–Kier alpha value is -0.900. The van der Waals surface area contributed by atoms with Gasteiger partial charge in [-0.3, -0.25) is 4.90 Å². The van der Waals surface area contributed by atoms with Crippen molar-refractivity contribution in [3.8, 4) is 0 Å². The molecule has 0 amide bonds. The average molecular weight is 292 g/mol. The Balaban J connectivity index is 3.06. The summed E-state index contributed by atoms with van der Waals surface area (Å²) in [5, 5.41) is 0. The molecule has 3 heteroatoms. The Bertz CT molecular complexity index is 394. The van der Waals surface area contributed by atoms with Crippen LogP contribution in [0.1, 0.15) is 44.9 Å². The maximum Gasteiger partial charge on any atom is 0.0716 e. The van der Waals surface area contributed by atoms with E-state index < -0.39 is 0 Å². The normalized spacial score (nSPS) is 13.4. The molecule has 1 rings (SSSR count). The van der Waals surface area contributed by atoms with E-state index in [1.807, 2.05) is 0 Å². The molecule has 0 saturated heterocycles. The smallest absolute Gasteiger partial charge is 0.0716 e. The summed E-state index contributed by atoms with van der Waals surface area (Å²) in [6.45, 7) is 12.5. The summed E-state index contributed by atoms with van der Waals surface area (Å²) in [6.07, 6.45) is 0. The third kappa shape index (κ3) is 5.77. The Morgan fingerprint density at radius 3 is 2.10 bits per heavy atom. The first-order chi connectivity index (χ1) is 9.99. The third-order valence-corrected chi connectivity index (χ3v) is 3.58. The van der Waals surface area contributed by atoms with Crippen molar-refractivity contribution in [1.29, 1.82) is 0 Å². The van der Waals surface area contributed by atoms with Crippen LogP contribution in [-0.4, -0.2) is 31.6 Å². The van der Waals surface area contributed by atoms with Gasteiger partial charge in [0.05, 0.1) is 6.61 Å². The SMILES string of the molecule is COCc1ccccc1C(CN)N(CC(C)C)CC(C)C. The Morgan fingerprint density at radius 2 is 1.62 bits per heavy atom. The highest BCUT2D eigenvalue weighted by atomic mass is 16.5. The van der Waals surface area contributed by atoms with Crippen molar-refractivity contribution in [2.45, 2.75) is 40.3 Å². The first kappa shape index (κ1) is 18.1. The van der Waals surface area contributed by atoms with Gasteiger partial charge in [0.2, 0.25) is 0 Å². The van der Waals surface area contributed by atoms with Crippen molar-refractivity contribution in [3.05, 3.63) is 35.4 Å². The van der Waals surface area contributed by atoms with Crippen LogP contribution in [0, 0.1) is 11.8 Å². The number of ether oxygens (including phenoxy) is 1. The zero-order valence-corrected chi connectivity index (χ0v) is 14.3. The lowest BCUT2D eigenvalue weighted by Crippen LogP contribution is -2.39. The lowest BCUT2D eigenvalue weighted by molar-refractivity contribution is 0.153. The molecule has 0 aliphatic heterocycles. The lowest BCUT2D eigenvalue weighted by atomic mass is 9.97. The largest absolute Gasteiger partial charge is 0.380 e. The van der Waals surface area contributed by atoms with E-state index in [1.165, 1.54) is 11.1 Å². The fraction of sp³-hybridized carbons (Fsp3) is 0.667. The summed E-state index contributed by atoms with van der Waals surface area (Å²) in [7, 11) is 1.74. The van der Waals surface area contributed by atoms with Crippen molar-refractivity contribution >= 4 is 0 Å². The molecule has 1 unspecified atom stereocenters. The van der Waals surface area contributed by atoms with E-state index in [9.17, 15) is 0 Å². The number of hydrogen-bond acceptors (Lipinski definition) is 3. The van der Waals surface area contributed by atoms with Gasteiger partial charge in [-0.1, -0.05) is 52.0 Å². The molecule has 0 aliphatic carbocycles. The third-order valence-electron chi connectivity index (χ3n) is 3.58. The fourth-order valence-corrected chi connectivity index (χ4v) is 2.89. The van der Waals surface area contributed by atoms with Gasteiger partial charge >= 0.3 is 0 Å². The van der Waals surface area contributed by atoms with Gasteiger partial charge in [0, 0.05) is 32.8 Å². The van der Waals surface area contributed by atoms with Gasteiger partial charge in [-0.25, -0.2) is 0 Å². The fourth-order valence-electron chi connectivity index (χ4n) is 2.89. The lowest BCUT2D eigenvalue weighted by Gasteiger charge is -2.35. The van der Waals surface area contributed by atoms with Crippen LogP contribution in [-0.2, 0) is 11.3 Å². The topological polar surface area (TPSA) is 38.5 Å². The maximum absolute atomic E-state index is 6.14. The molecule has 0 saturated carbocycles. The molecule has 0 spiro atoms. The summed E-state index contributed by atoms with van der Waals surface area (Å²) >= 11 is 0. The molecular weight excluding hydrogens is 260 g/mol. The van der Waals surface area contributed by atoms with E-state index in [2.05, 4.69) is 56.9 Å². The summed E-state index contributed by atoms with van der Waals surface area (Å²) < 4.78 is 5.35. The van der Waals surface area contributed by atoms with E-state index in [-0.39, 0.29) is 6.04 Å². The van der Waals surface area contributed by atoms with E-state index in [4.69, 9.17) is 10.5 Å². The van der Waals surface area contributed by atoms with Crippen LogP contribution in [0.25, 0.3) is 0 Å². The number of hydrogen-bond donors (Lipinski definition) is 1. The minimum atomic E-state index is 0.265. The molecule has 1 atom stereocenters. The number of rotatable bonds is 9. The first-order valence-electron chi connectivity index (χ1n) is 8.00. The predicted molar refractivity (Wildman–Crippen MR) is 90.2 cm³/mol. The van der Waals surface area contributed by atoms with Crippen LogP contribution in [0.5, 0.6) is 0 Å². The van der Waals surface area contributed by atoms with Crippen LogP contribution >= 0.6 is 0 Å². The summed E-state index contributed by atoms with van der Waals surface area (Å²) in [6, 6.07) is 8.77. The monoisotopic (exact) mass is 292 g/mol. The molecule has 0 heterocycles. The molecule has 0 bridgehead atoms. The van der Waals surface area contributed by atoms with Crippen molar-refractivity contribution in [3.63, 3.8) is 0 Å². The van der Waals surface area contributed by atoms with Crippen molar-refractivity contribution in [1.82, 2.24) is 4.90 Å². The van der Waals surface area contributed by atoms with Crippen LogP contribution in [0.15, 0.2) is 24.3 Å². The Labute approximate surface area is 130 Å². The second kappa shape index (κ2) is 9.19. The standard InChI is InChI=1S/C18H32N2O/c1-14(2)11-20(12-15(3)4)18(10-19)17-9-7-6-8-16(17)13-21-5/h6-9,14-15,18H,10-13,19H2,1-5H3. The summed E-state index contributed by atoms with van der Waals surface area (Å²) in [4.78, 5) is 2.53. The number of nitrogens with two attached hydrogens (primary N) is 1. The molecule has 0 fully saturated rings. The van der Waals surface area contributed by atoms with Gasteiger partial charge in [-0.05, 0) is 23.0 Å². The number of benzene rings is 1. The highest BCUT2D eigenvalue weighted by molar-refractivity contribution is 5.30. The van der Waals surface area contributed by atoms with E-state index >= 15 is 0 Å². The molecule has 1 aromatic carbocycles. The molecule has 1 aromatic rings. The second-order valence-electron chi connectivity index (χ2n) is 6.62. The molecule has 3 nitrogen and oxygen atoms in total. The quantitative estimate of drug-likeness (QED) is 0.757. The van der Waals surface area contributed by atoms with E-state index in [1.54, 1.807) is 7.11 Å². The van der Waals surface area contributed by atoms with Gasteiger partial charge in [-0.15, -0.1) is 0 Å². The van der Waals surface area contributed by atoms with Crippen LogP contribution in [0.4, 0.5) is 0 Å². The minimum absolute atomic E-state index is 0.265. The van der Waals surface area contributed by atoms with E-state index in [0.29, 0.717) is 25.0 Å². The Morgan fingerprint density at radius 1 is 1.05 bits per heavy atom. The molecule has 2 N–H and O–H groups in total. The van der Waals surface area contributed by atoms with Crippen molar-refractivity contribution in [2.75, 3.05) is 26.7 Å². The zero-order chi connectivity index (χ0) is 15.8. The average Bonchev–Trinajstić information content (AvgIpc) is 2.40. The maximum atomic E-state index is 6.14. The van der Waals surface area contributed by atoms with Crippen LogP contribution < -0.4 is 5.73 Å². The van der Waals surface area contributed by atoms with Gasteiger partial charge in [0.15, 0.2) is 0 Å². The summed E-state index contributed by atoms with van der Waals surface area (Å²) in [5.41, 5.74) is 8.69. The van der Waals surface area contributed by atoms with Gasteiger partial charge in [-0.2, -0.15) is 0 Å². The van der Waals surface area contributed by atoms with Gasteiger partial charge in [0.25, 0.3) is 0 Å². The van der Waals surface area contributed by atoms with Crippen LogP contribution in [0.2, 0.25) is 0 Å². The zero-order valence-electron chi connectivity index (χ0n) is 14.3. The first-order valence-corrected chi connectivity index (χ1v) is 8.00. The molecule has 0 aromatic heterocycles. The Kier molecular flexibility index (Phi) is 7.94. The second-order valence-corrected chi connectivity index (χ2v) is 6.62. The molecule has 21 heavy (non-hydrogen) atoms. The highest BCUT2D eigenvalue weighted by Crippen LogP contribution is 2.25. The van der Waals surface area contributed by atoms with Gasteiger partial charge in [0.1, 0.15) is 0 Å². The van der Waals surface area contributed by atoms with Crippen molar-refractivity contribution < 1.29 is 4.74 Å². The van der Waals surface area contributed by atoms with Crippen molar-refractivity contribution in [2.24, 2.45) is 17.6 Å². The molecule has 120 valence electrons. The predicted octanol–water partition coefficient (Wildman–Crippen LogP) is 3.45. The van der Waals surface area contributed by atoms with Crippen LogP contribution in [0.3, 0.4) is 0 Å².